The van der Waals surface area contributed by atoms with Crippen LogP contribution in [0.5, 0.6) is 0 Å². The number of hydrogen-bond donors (Lipinski definition) is 0. The summed E-state index contributed by atoms with van der Waals surface area (Å²) in [6, 6.07) is 0. The van der Waals surface area contributed by atoms with Crippen molar-refractivity contribution in [3.8, 4) is 0 Å². The number of hydrogen-bond acceptors (Lipinski definition) is 2. The highest BCUT2D eigenvalue weighted by molar-refractivity contribution is 6.29. The fourth-order valence-corrected chi connectivity index (χ4v) is 2.42. The van der Waals surface area contributed by atoms with Crippen LogP contribution in [0.25, 0.3) is 0 Å². The summed E-state index contributed by atoms with van der Waals surface area (Å²) >= 11 is 5.99. The molecular weight excluding hydrogens is 210 g/mol. The second-order valence-electron chi connectivity index (χ2n) is 4.21. The maximum atomic E-state index is 5.99. The largest absolute Gasteiger partial charge is 0.322 e. The van der Waals surface area contributed by atoms with Crippen LogP contribution in [0.4, 0.5) is 0 Å². The van der Waals surface area contributed by atoms with Gasteiger partial charge in [-0.15, -0.1) is 0 Å². The third kappa shape index (κ3) is 2.18. The van der Waals surface area contributed by atoms with E-state index in [0.29, 0.717) is 5.92 Å². The zero-order valence-corrected chi connectivity index (χ0v) is 10.2. The van der Waals surface area contributed by atoms with Crippen molar-refractivity contribution < 1.29 is 0 Å². The molecule has 0 saturated carbocycles. The normalized spacial score (nSPS) is 19.7. The van der Waals surface area contributed by atoms with Gasteiger partial charge in [0, 0.05) is 13.0 Å². The molecule has 2 heterocycles. The minimum Gasteiger partial charge on any atom is -0.322 e. The van der Waals surface area contributed by atoms with E-state index in [4.69, 9.17) is 11.6 Å². The molecular formula is C11H18ClN3. The van der Waals surface area contributed by atoms with Crippen LogP contribution in [0.3, 0.4) is 0 Å². The molecule has 0 bridgehead atoms. The van der Waals surface area contributed by atoms with Crippen molar-refractivity contribution in [1.82, 2.24) is 14.5 Å². The van der Waals surface area contributed by atoms with Crippen LogP contribution >= 0.6 is 11.6 Å². The molecule has 1 aliphatic heterocycles. The first kappa shape index (κ1) is 11.0. The van der Waals surface area contributed by atoms with Gasteiger partial charge in [-0.05, 0) is 32.5 Å². The Morgan fingerprint density at radius 1 is 1.47 bits per heavy atom. The fraction of sp³-hybridized carbons (Fsp3) is 0.727. The van der Waals surface area contributed by atoms with E-state index in [9.17, 15) is 0 Å². The Balaban J connectivity index is 2.04. The Bertz CT molecular complexity index is 327. The van der Waals surface area contributed by atoms with Crippen LogP contribution in [0.2, 0.25) is 5.15 Å². The Hall–Kier alpha value is -0.540. The highest BCUT2D eigenvalue weighted by Gasteiger charge is 2.23. The Morgan fingerprint density at radius 2 is 2.13 bits per heavy atom. The van der Waals surface area contributed by atoms with Crippen LogP contribution in [0.15, 0.2) is 6.20 Å². The molecule has 15 heavy (non-hydrogen) atoms. The van der Waals surface area contributed by atoms with Crippen molar-refractivity contribution in [2.24, 2.45) is 7.05 Å². The molecule has 4 heteroatoms. The fourth-order valence-electron chi connectivity index (χ4n) is 2.29. The summed E-state index contributed by atoms with van der Waals surface area (Å²) in [5.74, 6) is 1.74. The summed E-state index contributed by atoms with van der Waals surface area (Å²) in [7, 11) is 2.00. The van der Waals surface area contributed by atoms with Crippen molar-refractivity contribution in [3.63, 3.8) is 0 Å². The molecule has 0 aliphatic carbocycles. The molecule has 1 aliphatic rings. The highest BCUT2D eigenvalue weighted by Crippen LogP contribution is 2.28. The van der Waals surface area contributed by atoms with Crippen molar-refractivity contribution >= 4 is 11.6 Å². The smallest absolute Gasteiger partial charge is 0.128 e. The van der Waals surface area contributed by atoms with Crippen LogP contribution in [-0.4, -0.2) is 34.1 Å². The van der Waals surface area contributed by atoms with E-state index >= 15 is 0 Å². The van der Waals surface area contributed by atoms with Gasteiger partial charge in [0.2, 0.25) is 0 Å². The van der Waals surface area contributed by atoms with Gasteiger partial charge in [0.25, 0.3) is 0 Å². The van der Waals surface area contributed by atoms with Gasteiger partial charge < -0.3 is 9.47 Å². The number of imidazole rings is 1. The second-order valence-corrected chi connectivity index (χ2v) is 4.59. The van der Waals surface area contributed by atoms with Crippen LogP contribution in [0, 0.1) is 0 Å². The van der Waals surface area contributed by atoms with Gasteiger partial charge in [-0.2, -0.15) is 0 Å². The quantitative estimate of drug-likeness (QED) is 0.773. The van der Waals surface area contributed by atoms with Gasteiger partial charge in [-0.3, -0.25) is 0 Å². The molecule has 1 aromatic rings. The predicted molar refractivity (Wildman–Crippen MR) is 62.3 cm³/mol. The van der Waals surface area contributed by atoms with Gasteiger partial charge in [-0.1, -0.05) is 18.5 Å². The van der Waals surface area contributed by atoms with Crippen molar-refractivity contribution in [2.75, 3.05) is 19.6 Å². The molecule has 0 N–H and O–H groups in total. The molecule has 0 spiro atoms. The van der Waals surface area contributed by atoms with Crippen molar-refractivity contribution in [1.29, 1.82) is 0 Å². The second kappa shape index (κ2) is 4.54. The third-order valence-electron chi connectivity index (χ3n) is 3.37. The van der Waals surface area contributed by atoms with Crippen LogP contribution in [0.1, 0.15) is 31.5 Å². The van der Waals surface area contributed by atoms with Crippen LogP contribution in [-0.2, 0) is 7.05 Å². The molecule has 1 fully saturated rings. The summed E-state index contributed by atoms with van der Waals surface area (Å²) in [5.41, 5.74) is 0. The lowest BCUT2D eigenvalue weighted by molar-refractivity contribution is 0.218. The number of rotatable bonds is 2. The van der Waals surface area contributed by atoms with E-state index in [1.165, 1.54) is 25.9 Å². The number of piperidine rings is 1. The van der Waals surface area contributed by atoms with Crippen molar-refractivity contribution in [3.05, 3.63) is 17.2 Å². The molecule has 84 valence electrons. The molecule has 2 rings (SSSR count). The van der Waals surface area contributed by atoms with E-state index in [1.807, 2.05) is 11.6 Å². The maximum absolute atomic E-state index is 5.99. The summed E-state index contributed by atoms with van der Waals surface area (Å²) in [6.07, 6.45) is 4.16. The average molecular weight is 228 g/mol. The summed E-state index contributed by atoms with van der Waals surface area (Å²) < 4.78 is 2.01. The third-order valence-corrected chi connectivity index (χ3v) is 3.72. The minimum absolute atomic E-state index is 0.588. The SMILES string of the molecule is CCN1CCC(c2ncc(Cl)n2C)CC1. The molecule has 1 saturated heterocycles. The number of halogens is 1. The average Bonchev–Trinajstić information content (AvgIpc) is 2.60. The first-order chi connectivity index (χ1) is 7.22. The number of aromatic nitrogens is 2. The van der Waals surface area contributed by atoms with E-state index < -0.39 is 0 Å². The standard InChI is InChI=1S/C11H18ClN3/c1-3-15-6-4-9(5-7-15)11-13-8-10(12)14(11)2/h8-9H,3-7H2,1-2H3. The lowest BCUT2D eigenvalue weighted by Gasteiger charge is -2.30. The zero-order chi connectivity index (χ0) is 10.8. The number of nitrogens with zero attached hydrogens (tertiary/aromatic N) is 3. The van der Waals surface area contributed by atoms with E-state index in [1.54, 1.807) is 6.20 Å². The van der Waals surface area contributed by atoms with Crippen LogP contribution < -0.4 is 0 Å². The topological polar surface area (TPSA) is 21.1 Å². The Labute approximate surface area is 96.0 Å². The van der Waals surface area contributed by atoms with Gasteiger partial charge >= 0.3 is 0 Å². The lowest BCUT2D eigenvalue weighted by Crippen LogP contribution is -2.33. The Kier molecular flexibility index (Phi) is 3.32. The first-order valence-corrected chi connectivity index (χ1v) is 5.99. The molecule has 0 radical (unpaired) electrons. The van der Waals surface area contributed by atoms with Gasteiger partial charge in [0.05, 0.1) is 6.20 Å². The summed E-state index contributed by atoms with van der Waals surface area (Å²) in [6.45, 7) is 5.75. The van der Waals surface area contributed by atoms with Gasteiger partial charge in [-0.25, -0.2) is 4.98 Å². The van der Waals surface area contributed by atoms with E-state index in [-0.39, 0.29) is 0 Å². The molecule has 0 aromatic carbocycles. The first-order valence-electron chi connectivity index (χ1n) is 5.61. The number of likely N-dealkylation sites (tertiary alicyclic amines) is 1. The molecule has 0 unspecified atom stereocenters. The molecule has 1 aromatic heterocycles. The molecule has 3 nitrogen and oxygen atoms in total. The maximum Gasteiger partial charge on any atom is 0.128 e. The minimum atomic E-state index is 0.588. The molecule has 0 amide bonds. The van der Waals surface area contributed by atoms with Gasteiger partial charge in [0.1, 0.15) is 11.0 Å². The van der Waals surface area contributed by atoms with E-state index in [0.717, 1.165) is 17.5 Å². The molecule has 0 atom stereocenters. The lowest BCUT2D eigenvalue weighted by atomic mass is 9.96. The predicted octanol–water partition coefficient (Wildman–Crippen LogP) is 2.27. The summed E-state index contributed by atoms with van der Waals surface area (Å²) in [4.78, 5) is 6.89. The summed E-state index contributed by atoms with van der Waals surface area (Å²) in [5, 5.41) is 0.739. The van der Waals surface area contributed by atoms with Gasteiger partial charge in [0.15, 0.2) is 0 Å². The monoisotopic (exact) mass is 227 g/mol. The highest BCUT2D eigenvalue weighted by atomic mass is 35.5. The zero-order valence-electron chi connectivity index (χ0n) is 9.41. The Morgan fingerprint density at radius 3 is 2.60 bits per heavy atom. The van der Waals surface area contributed by atoms with Crippen molar-refractivity contribution in [2.45, 2.75) is 25.7 Å². The van der Waals surface area contributed by atoms with E-state index in [2.05, 4.69) is 16.8 Å².